The molecule has 0 aliphatic heterocycles. The van der Waals surface area contributed by atoms with Gasteiger partial charge >= 0.3 is 0 Å². The second-order valence-electron chi connectivity index (χ2n) is 5.59. The fourth-order valence-corrected chi connectivity index (χ4v) is 2.37. The summed E-state index contributed by atoms with van der Waals surface area (Å²) in [7, 11) is 4.41. The molecule has 0 aliphatic carbocycles. The van der Waals surface area contributed by atoms with Gasteiger partial charge in [0, 0.05) is 7.05 Å². The van der Waals surface area contributed by atoms with Crippen LogP contribution in [0.4, 0.5) is 0 Å². The molecular weight excluding hydrogens is 386 g/mol. The van der Waals surface area contributed by atoms with E-state index in [0.717, 1.165) is 11.1 Å². The van der Waals surface area contributed by atoms with Crippen LogP contribution in [0.15, 0.2) is 54.6 Å². The minimum Gasteiger partial charge on any atom is -0.484 e. The zero-order chi connectivity index (χ0) is 22.9. The van der Waals surface area contributed by atoms with Crippen molar-refractivity contribution >= 4 is 17.7 Å². The summed E-state index contributed by atoms with van der Waals surface area (Å²) in [5.74, 6) is -1.18. The molecule has 2 aromatic carbocycles. The van der Waals surface area contributed by atoms with Gasteiger partial charge in [0.2, 0.25) is 11.8 Å². The topological polar surface area (TPSA) is 163 Å². The first kappa shape index (κ1) is 26.6. The minimum atomic E-state index is -1.02. The van der Waals surface area contributed by atoms with Gasteiger partial charge in [0.15, 0.2) is 6.61 Å². The first-order valence-electron chi connectivity index (χ1n) is 9.22. The van der Waals surface area contributed by atoms with Gasteiger partial charge in [-0.15, -0.1) is 0 Å². The quantitative estimate of drug-likeness (QED) is 0.405. The highest BCUT2D eigenvalue weighted by Gasteiger charge is 2.21. The van der Waals surface area contributed by atoms with Crippen LogP contribution in [0, 0.1) is 0 Å². The summed E-state index contributed by atoms with van der Waals surface area (Å²) in [6.07, 6.45) is -0.283. The molecular formula is C21H31N5O4. The number of rotatable bonds is 8. The molecule has 0 saturated heterocycles. The molecule has 0 unspecified atom stereocenters. The molecule has 2 aromatic rings. The molecule has 0 aliphatic rings. The molecule has 0 bridgehead atoms. The van der Waals surface area contributed by atoms with Gasteiger partial charge < -0.3 is 32.6 Å². The van der Waals surface area contributed by atoms with Crippen LogP contribution in [-0.4, -0.2) is 51.5 Å². The number of carbonyl (C=O) groups is 3. The molecule has 164 valence electrons. The fourth-order valence-electron chi connectivity index (χ4n) is 2.37. The van der Waals surface area contributed by atoms with Crippen molar-refractivity contribution < 1.29 is 19.1 Å². The first-order chi connectivity index (χ1) is 14.5. The maximum absolute atomic E-state index is 12.0. The highest BCUT2D eigenvalue weighted by Crippen LogP contribution is 2.23. The van der Waals surface area contributed by atoms with E-state index in [9.17, 15) is 14.4 Å². The second-order valence-corrected chi connectivity index (χ2v) is 5.59. The number of hydrogen-bond acceptors (Lipinski definition) is 6. The van der Waals surface area contributed by atoms with Crippen LogP contribution in [-0.2, 0) is 14.4 Å². The number of hydrogen-bond donors (Lipinski definition) is 5. The standard InChI is InChI=1S/C19H21N3O4.2CH5N/c1-21-19(25)16(11-17(20)23)22-18(24)12-26-15-9-5-8-14(10-15)13-6-3-2-4-7-13;2*1-2/h2-10,16H,11-12H2,1H3,(H2,20,23)(H,21,25)(H,22,24);2*2H2,1H3/t16-;;/m0../s1. The van der Waals surface area contributed by atoms with Crippen molar-refractivity contribution in [2.24, 2.45) is 17.2 Å². The van der Waals surface area contributed by atoms with E-state index < -0.39 is 23.8 Å². The lowest BCUT2D eigenvalue weighted by molar-refractivity contribution is -0.131. The van der Waals surface area contributed by atoms with Crippen molar-refractivity contribution in [1.82, 2.24) is 10.6 Å². The summed E-state index contributed by atoms with van der Waals surface area (Å²) in [5, 5.41) is 4.81. The van der Waals surface area contributed by atoms with Crippen molar-refractivity contribution in [2.75, 3.05) is 27.7 Å². The molecule has 1 atom stereocenters. The minimum absolute atomic E-state index is 0.283. The molecule has 0 saturated carbocycles. The zero-order valence-corrected chi connectivity index (χ0v) is 17.6. The Hall–Kier alpha value is -3.43. The van der Waals surface area contributed by atoms with Gasteiger partial charge in [-0.3, -0.25) is 14.4 Å². The van der Waals surface area contributed by atoms with E-state index in [1.54, 1.807) is 6.07 Å². The van der Waals surface area contributed by atoms with E-state index in [-0.39, 0.29) is 13.0 Å². The lowest BCUT2D eigenvalue weighted by Gasteiger charge is -2.16. The van der Waals surface area contributed by atoms with Gasteiger partial charge in [-0.1, -0.05) is 42.5 Å². The predicted molar refractivity (Wildman–Crippen MR) is 117 cm³/mol. The average Bonchev–Trinajstić information content (AvgIpc) is 2.80. The third-order valence-electron chi connectivity index (χ3n) is 3.61. The third kappa shape index (κ3) is 9.67. The maximum Gasteiger partial charge on any atom is 0.258 e. The molecule has 0 spiro atoms. The number of benzene rings is 2. The molecule has 30 heavy (non-hydrogen) atoms. The van der Waals surface area contributed by atoms with Crippen molar-refractivity contribution in [3.63, 3.8) is 0 Å². The number of nitrogens with one attached hydrogen (secondary N) is 2. The SMILES string of the molecule is CN.CN.CNC(=O)[C@H](CC(N)=O)NC(=O)COc1cccc(-c2ccccc2)c1. The number of primary amides is 1. The second kappa shape index (κ2) is 15.5. The monoisotopic (exact) mass is 417 g/mol. The van der Waals surface area contributed by atoms with Crippen molar-refractivity contribution in [3.8, 4) is 16.9 Å². The van der Waals surface area contributed by atoms with Crippen LogP contribution in [0.25, 0.3) is 11.1 Å². The largest absolute Gasteiger partial charge is 0.484 e. The van der Waals surface area contributed by atoms with Crippen LogP contribution in [0.5, 0.6) is 5.75 Å². The number of carbonyl (C=O) groups excluding carboxylic acids is 3. The number of likely N-dealkylation sites (N-methyl/N-ethyl adjacent to an activating group) is 1. The highest BCUT2D eigenvalue weighted by molar-refractivity contribution is 5.91. The van der Waals surface area contributed by atoms with Crippen LogP contribution < -0.4 is 32.6 Å². The molecule has 9 nitrogen and oxygen atoms in total. The summed E-state index contributed by atoms with van der Waals surface area (Å²) < 4.78 is 5.49. The van der Waals surface area contributed by atoms with Crippen molar-refractivity contribution in [1.29, 1.82) is 0 Å². The predicted octanol–water partition coefficient (Wildman–Crippen LogP) is -0.0116. The molecule has 0 aromatic heterocycles. The molecule has 0 radical (unpaired) electrons. The fraction of sp³-hybridized carbons (Fsp3) is 0.286. The van der Waals surface area contributed by atoms with Crippen LogP contribution in [0.3, 0.4) is 0 Å². The van der Waals surface area contributed by atoms with Crippen LogP contribution >= 0.6 is 0 Å². The number of nitrogens with two attached hydrogens (primary N) is 3. The summed E-state index contributed by atoms with van der Waals surface area (Å²) >= 11 is 0. The summed E-state index contributed by atoms with van der Waals surface area (Å²) in [5.41, 5.74) is 16.1. The summed E-state index contributed by atoms with van der Waals surface area (Å²) in [6.45, 7) is -0.287. The Kier molecular flexibility index (Phi) is 13.7. The lowest BCUT2D eigenvalue weighted by atomic mass is 10.1. The lowest BCUT2D eigenvalue weighted by Crippen LogP contribution is -2.48. The van der Waals surface area contributed by atoms with Gasteiger partial charge in [0.1, 0.15) is 11.8 Å². The van der Waals surface area contributed by atoms with E-state index in [1.807, 2.05) is 48.5 Å². The van der Waals surface area contributed by atoms with Gasteiger partial charge in [-0.2, -0.15) is 0 Å². The highest BCUT2D eigenvalue weighted by atomic mass is 16.5. The Bertz CT molecular complexity index is 784. The Morgan fingerprint density at radius 1 is 0.933 bits per heavy atom. The average molecular weight is 418 g/mol. The van der Waals surface area contributed by atoms with Gasteiger partial charge in [0.25, 0.3) is 5.91 Å². The normalized spacial score (nSPS) is 10.2. The van der Waals surface area contributed by atoms with Gasteiger partial charge in [-0.25, -0.2) is 0 Å². The van der Waals surface area contributed by atoms with E-state index in [4.69, 9.17) is 10.5 Å². The molecule has 9 heteroatoms. The first-order valence-corrected chi connectivity index (χ1v) is 9.22. The van der Waals surface area contributed by atoms with Crippen molar-refractivity contribution in [2.45, 2.75) is 12.5 Å². The molecule has 8 N–H and O–H groups in total. The summed E-state index contributed by atoms with van der Waals surface area (Å²) in [4.78, 5) is 34.7. The molecule has 2 rings (SSSR count). The van der Waals surface area contributed by atoms with Crippen LogP contribution in [0.2, 0.25) is 0 Å². The number of amides is 3. The maximum atomic E-state index is 12.0. The zero-order valence-electron chi connectivity index (χ0n) is 17.6. The van der Waals surface area contributed by atoms with E-state index >= 15 is 0 Å². The smallest absolute Gasteiger partial charge is 0.258 e. The van der Waals surface area contributed by atoms with Gasteiger partial charge in [-0.05, 0) is 37.4 Å². The molecule has 3 amide bonds. The molecule has 0 heterocycles. The Balaban J connectivity index is 0.00000198. The van der Waals surface area contributed by atoms with E-state index in [2.05, 4.69) is 22.1 Å². The molecule has 0 fully saturated rings. The Morgan fingerprint density at radius 3 is 2.10 bits per heavy atom. The van der Waals surface area contributed by atoms with Gasteiger partial charge in [0.05, 0.1) is 6.42 Å². The van der Waals surface area contributed by atoms with Crippen molar-refractivity contribution in [3.05, 3.63) is 54.6 Å². The summed E-state index contributed by atoms with van der Waals surface area (Å²) in [6, 6.07) is 16.1. The Morgan fingerprint density at radius 2 is 1.53 bits per heavy atom. The van der Waals surface area contributed by atoms with Crippen LogP contribution in [0.1, 0.15) is 6.42 Å². The third-order valence-corrected chi connectivity index (χ3v) is 3.61. The van der Waals surface area contributed by atoms with E-state index in [1.165, 1.54) is 21.1 Å². The van der Waals surface area contributed by atoms with E-state index in [0.29, 0.717) is 5.75 Å². The number of ether oxygens (including phenoxy) is 1. The Labute approximate surface area is 177 Å².